The summed E-state index contributed by atoms with van der Waals surface area (Å²) in [5.74, 6) is -0.623. The predicted molar refractivity (Wildman–Crippen MR) is 74.4 cm³/mol. The minimum absolute atomic E-state index is 0.136. The van der Waals surface area contributed by atoms with Gasteiger partial charge in [-0.25, -0.2) is 4.98 Å². The van der Waals surface area contributed by atoms with Crippen molar-refractivity contribution in [3.8, 4) is 0 Å². The molecule has 0 unspecified atom stereocenters. The maximum atomic E-state index is 11.9. The van der Waals surface area contributed by atoms with Crippen LogP contribution in [0.1, 0.15) is 16.1 Å². The van der Waals surface area contributed by atoms with E-state index < -0.39 is 27.1 Å². The lowest BCUT2D eigenvalue weighted by Crippen LogP contribution is -2.25. The van der Waals surface area contributed by atoms with Crippen molar-refractivity contribution in [2.45, 2.75) is 6.42 Å². The van der Waals surface area contributed by atoms with Gasteiger partial charge in [-0.15, -0.1) is 0 Å². The van der Waals surface area contributed by atoms with Gasteiger partial charge in [0.1, 0.15) is 0 Å². The summed E-state index contributed by atoms with van der Waals surface area (Å²) in [6, 6.07) is 2.80. The van der Waals surface area contributed by atoms with Gasteiger partial charge in [0.25, 0.3) is 17.3 Å². The molecule has 114 valence electrons. The molecule has 0 saturated heterocycles. The Morgan fingerprint density at radius 3 is 2.32 bits per heavy atom. The van der Waals surface area contributed by atoms with Crippen LogP contribution in [0.5, 0.6) is 0 Å². The number of imidazole rings is 1. The quantitative estimate of drug-likeness (QED) is 0.606. The molecule has 0 aliphatic carbocycles. The third-order valence-corrected chi connectivity index (χ3v) is 2.81. The van der Waals surface area contributed by atoms with Gasteiger partial charge in [-0.2, -0.15) is 0 Å². The fraction of sp³-hybridized carbons (Fsp3) is 0.167. The van der Waals surface area contributed by atoms with Crippen LogP contribution in [0.4, 0.5) is 11.4 Å². The Labute approximate surface area is 123 Å². The van der Waals surface area contributed by atoms with Gasteiger partial charge in [-0.3, -0.25) is 25.0 Å². The highest BCUT2D eigenvalue weighted by atomic mass is 16.6. The van der Waals surface area contributed by atoms with Crippen molar-refractivity contribution in [3.63, 3.8) is 0 Å². The predicted octanol–water partition coefficient (Wildman–Crippen LogP) is 1.20. The Morgan fingerprint density at radius 1 is 1.18 bits per heavy atom. The average Bonchev–Trinajstić information content (AvgIpc) is 2.99. The topological polar surface area (TPSA) is 144 Å². The summed E-state index contributed by atoms with van der Waals surface area (Å²) in [6.45, 7) is 0.250. The molecule has 0 atom stereocenters. The van der Waals surface area contributed by atoms with Gasteiger partial charge in [-0.05, 0) is 0 Å². The van der Waals surface area contributed by atoms with E-state index in [4.69, 9.17) is 0 Å². The number of H-pyrrole nitrogens is 1. The molecule has 0 aliphatic rings. The molecule has 1 amide bonds. The van der Waals surface area contributed by atoms with Crippen LogP contribution in [0.25, 0.3) is 0 Å². The van der Waals surface area contributed by atoms with E-state index in [2.05, 4.69) is 15.3 Å². The highest BCUT2D eigenvalue weighted by Crippen LogP contribution is 2.22. The van der Waals surface area contributed by atoms with Gasteiger partial charge < -0.3 is 10.3 Å². The first-order valence-corrected chi connectivity index (χ1v) is 6.17. The standard InChI is InChI=1S/C12H11N5O5/c18-12(14-2-1-9-6-13-7-15-9)8-3-10(16(19)20)5-11(4-8)17(21)22/h3-7H,1-2H2,(H,13,15)(H,14,18). The lowest BCUT2D eigenvalue weighted by atomic mass is 10.1. The highest BCUT2D eigenvalue weighted by molar-refractivity contribution is 5.95. The van der Waals surface area contributed by atoms with Crippen molar-refractivity contribution in [3.05, 3.63) is 62.2 Å². The Kier molecular flexibility index (Phi) is 4.41. The third-order valence-electron chi connectivity index (χ3n) is 2.81. The molecular formula is C12H11N5O5. The number of aromatic amines is 1. The number of carbonyl (C=O) groups is 1. The number of aromatic nitrogens is 2. The number of nitro groups is 2. The maximum Gasteiger partial charge on any atom is 0.277 e. The fourth-order valence-electron chi connectivity index (χ4n) is 1.77. The van der Waals surface area contributed by atoms with E-state index in [0.717, 1.165) is 23.9 Å². The Morgan fingerprint density at radius 2 is 1.82 bits per heavy atom. The zero-order valence-corrected chi connectivity index (χ0v) is 11.2. The number of carbonyl (C=O) groups excluding carboxylic acids is 1. The molecule has 2 rings (SSSR count). The second kappa shape index (κ2) is 6.43. The number of nitro benzene ring substituents is 2. The molecule has 0 saturated carbocycles. The number of hydrogen-bond donors (Lipinski definition) is 2. The molecule has 10 nitrogen and oxygen atoms in total. The van der Waals surface area contributed by atoms with Crippen molar-refractivity contribution in [1.29, 1.82) is 0 Å². The van der Waals surface area contributed by atoms with Gasteiger partial charge >= 0.3 is 0 Å². The van der Waals surface area contributed by atoms with Gasteiger partial charge in [0.05, 0.1) is 33.5 Å². The van der Waals surface area contributed by atoms with Gasteiger partial charge in [0.15, 0.2) is 0 Å². The smallest absolute Gasteiger partial charge is 0.277 e. The third kappa shape index (κ3) is 3.62. The lowest BCUT2D eigenvalue weighted by Gasteiger charge is -2.04. The normalized spacial score (nSPS) is 10.2. The van der Waals surface area contributed by atoms with E-state index in [1.165, 1.54) is 6.33 Å². The Balaban J connectivity index is 2.10. The van der Waals surface area contributed by atoms with E-state index in [1.807, 2.05) is 0 Å². The second-order valence-electron chi connectivity index (χ2n) is 4.32. The van der Waals surface area contributed by atoms with Crippen molar-refractivity contribution < 1.29 is 14.6 Å². The largest absolute Gasteiger partial charge is 0.352 e. The molecule has 22 heavy (non-hydrogen) atoms. The van der Waals surface area contributed by atoms with Gasteiger partial charge in [-0.1, -0.05) is 0 Å². The van der Waals surface area contributed by atoms with Crippen LogP contribution >= 0.6 is 0 Å². The van der Waals surface area contributed by atoms with E-state index in [9.17, 15) is 25.0 Å². The molecule has 1 heterocycles. The number of rotatable bonds is 6. The molecule has 2 aromatic rings. The molecule has 0 bridgehead atoms. The van der Waals surface area contributed by atoms with Crippen LogP contribution in [0, 0.1) is 20.2 Å². The van der Waals surface area contributed by atoms with Crippen LogP contribution < -0.4 is 5.32 Å². The molecular weight excluding hydrogens is 294 g/mol. The van der Waals surface area contributed by atoms with E-state index in [1.54, 1.807) is 6.20 Å². The zero-order valence-electron chi connectivity index (χ0n) is 11.2. The minimum atomic E-state index is -0.784. The first kappa shape index (κ1) is 15.1. The molecule has 0 aliphatic heterocycles. The Bertz CT molecular complexity index is 680. The Hall–Kier alpha value is -3.30. The average molecular weight is 305 g/mol. The summed E-state index contributed by atoms with van der Waals surface area (Å²) in [6.07, 6.45) is 3.64. The van der Waals surface area contributed by atoms with Crippen LogP contribution in [-0.4, -0.2) is 32.3 Å². The molecule has 0 fully saturated rings. The highest BCUT2D eigenvalue weighted by Gasteiger charge is 2.19. The number of hydrogen-bond acceptors (Lipinski definition) is 6. The van der Waals surface area contributed by atoms with Gasteiger partial charge in [0.2, 0.25) is 0 Å². The van der Waals surface area contributed by atoms with Crippen LogP contribution in [0.2, 0.25) is 0 Å². The van der Waals surface area contributed by atoms with Crippen molar-refractivity contribution in [1.82, 2.24) is 15.3 Å². The molecule has 2 N–H and O–H groups in total. The van der Waals surface area contributed by atoms with Crippen LogP contribution in [-0.2, 0) is 6.42 Å². The minimum Gasteiger partial charge on any atom is -0.352 e. The molecule has 0 radical (unpaired) electrons. The molecule has 1 aromatic carbocycles. The summed E-state index contributed by atoms with van der Waals surface area (Å²) in [4.78, 5) is 38.6. The summed E-state index contributed by atoms with van der Waals surface area (Å²) in [5.41, 5.74) is -0.411. The number of nitrogens with zero attached hydrogens (tertiary/aromatic N) is 3. The van der Waals surface area contributed by atoms with Crippen molar-refractivity contribution in [2.24, 2.45) is 0 Å². The second-order valence-corrected chi connectivity index (χ2v) is 4.32. The molecule has 0 spiro atoms. The number of nitrogens with one attached hydrogen (secondary N) is 2. The SMILES string of the molecule is O=C(NCCc1c[nH]cn1)c1cc([N+](=O)[O-])cc([N+](=O)[O-])c1. The van der Waals surface area contributed by atoms with Crippen molar-refractivity contribution in [2.75, 3.05) is 6.54 Å². The first-order valence-electron chi connectivity index (χ1n) is 6.17. The van der Waals surface area contributed by atoms with E-state index in [0.29, 0.717) is 6.42 Å². The summed E-state index contributed by atoms with van der Waals surface area (Å²) >= 11 is 0. The van der Waals surface area contributed by atoms with Crippen LogP contribution in [0.15, 0.2) is 30.7 Å². The van der Waals surface area contributed by atoms with Crippen molar-refractivity contribution >= 4 is 17.3 Å². The first-order chi connectivity index (χ1) is 10.5. The number of amides is 1. The summed E-state index contributed by atoms with van der Waals surface area (Å²) in [7, 11) is 0. The summed E-state index contributed by atoms with van der Waals surface area (Å²) in [5, 5.41) is 24.1. The fourth-order valence-corrected chi connectivity index (χ4v) is 1.77. The van der Waals surface area contributed by atoms with E-state index >= 15 is 0 Å². The summed E-state index contributed by atoms with van der Waals surface area (Å²) < 4.78 is 0. The van der Waals surface area contributed by atoms with E-state index in [-0.39, 0.29) is 12.1 Å². The monoisotopic (exact) mass is 305 g/mol. The molecule has 1 aromatic heterocycles. The van der Waals surface area contributed by atoms with Gasteiger partial charge in [0, 0.05) is 31.3 Å². The maximum absolute atomic E-state index is 11.9. The van der Waals surface area contributed by atoms with Crippen LogP contribution in [0.3, 0.4) is 0 Å². The number of non-ortho nitro benzene ring substituents is 2. The lowest BCUT2D eigenvalue weighted by molar-refractivity contribution is -0.394. The molecule has 10 heteroatoms. The zero-order chi connectivity index (χ0) is 16.1. The number of benzene rings is 1.